The minimum atomic E-state index is -4.44. The molecule has 0 amide bonds. The molecule has 0 bridgehead atoms. The molecule has 0 saturated carbocycles. The molecule has 1 aromatic heterocycles. The summed E-state index contributed by atoms with van der Waals surface area (Å²) in [5.74, 6) is -1.36. The first-order valence-electron chi connectivity index (χ1n) is 6.25. The van der Waals surface area contributed by atoms with Crippen LogP contribution in [0.2, 0.25) is 0 Å². The number of benzene rings is 1. The van der Waals surface area contributed by atoms with Crippen molar-refractivity contribution in [3.05, 3.63) is 53.7 Å². The number of hydrogen-bond donors (Lipinski definition) is 1. The lowest BCUT2D eigenvalue weighted by atomic mass is 10.2. The lowest BCUT2D eigenvalue weighted by Gasteiger charge is -2.09. The molecule has 23 heavy (non-hydrogen) atoms. The Morgan fingerprint density at radius 1 is 1.26 bits per heavy atom. The number of carboxylic acids is 1. The Morgan fingerprint density at radius 2 is 2.00 bits per heavy atom. The highest BCUT2D eigenvalue weighted by Gasteiger charge is 2.30. The number of aromatic nitrogens is 1. The molecule has 1 aromatic carbocycles. The van der Waals surface area contributed by atoms with E-state index in [9.17, 15) is 23.1 Å². The van der Waals surface area contributed by atoms with Crippen molar-refractivity contribution >= 4 is 29.5 Å². The molecule has 0 radical (unpaired) electrons. The Kier molecular flexibility index (Phi) is 4.95. The van der Waals surface area contributed by atoms with Gasteiger partial charge in [-0.05, 0) is 42.0 Å². The van der Waals surface area contributed by atoms with Gasteiger partial charge in [-0.15, -0.1) is 0 Å². The summed E-state index contributed by atoms with van der Waals surface area (Å²) in [6.45, 7) is 0. The molecule has 0 spiro atoms. The van der Waals surface area contributed by atoms with Crippen LogP contribution in [0.3, 0.4) is 0 Å². The quantitative estimate of drug-likeness (QED) is 0.684. The highest BCUT2D eigenvalue weighted by atomic mass is 32.2. The summed E-state index contributed by atoms with van der Waals surface area (Å²) < 4.78 is 37.5. The SMILES string of the molecule is Nc1ccc(Sc2ccc(C(F)(F)F)cn2)c(C=CC(=O)[O-])c1. The molecule has 0 aliphatic heterocycles. The molecule has 0 saturated heterocycles. The van der Waals surface area contributed by atoms with Crippen molar-refractivity contribution in [1.29, 1.82) is 0 Å². The topological polar surface area (TPSA) is 79.0 Å². The molecule has 2 rings (SSSR count). The number of carbonyl (C=O) groups is 1. The molecular weight excluding hydrogens is 329 g/mol. The maximum absolute atomic E-state index is 12.5. The van der Waals surface area contributed by atoms with Crippen LogP contribution in [0.15, 0.2) is 52.5 Å². The second-order valence-corrected chi connectivity index (χ2v) is 5.50. The van der Waals surface area contributed by atoms with E-state index < -0.39 is 17.7 Å². The summed E-state index contributed by atoms with van der Waals surface area (Å²) in [6, 6.07) is 6.96. The highest BCUT2D eigenvalue weighted by Crippen LogP contribution is 2.33. The molecule has 0 fully saturated rings. The van der Waals surface area contributed by atoms with E-state index in [4.69, 9.17) is 5.73 Å². The lowest BCUT2D eigenvalue weighted by molar-refractivity contribution is -0.297. The first-order chi connectivity index (χ1) is 10.8. The molecule has 0 aliphatic rings. The molecule has 8 heteroatoms. The largest absolute Gasteiger partial charge is 0.545 e. The van der Waals surface area contributed by atoms with E-state index >= 15 is 0 Å². The van der Waals surface area contributed by atoms with Gasteiger partial charge in [-0.1, -0.05) is 17.8 Å². The van der Waals surface area contributed by atoms with Crippen molar-refractivity contribution in [3.8, 4) is 0 Å². The van der Waals surface area contributed by atoms with Crippen molar-refractivity contribution in [2.45, 2.75) is 16.1 Å². The van der Waals surface area contributed by atoms with Crippen molar-refractivity contribution < 1.29 is 23.1 Å². The van der Waals surface area contributed by atoms with E-state index in [1.807, 2.05) is 0 Å². The third kappa shape index (κ3) is 4.75. The zero-order valence-corrected chi connectivity index (χ0v) is 12.3. The number of rotatable bonds is 4. The van der Waals surface area contributed by atoms with Gasteiger partial charge in [0.1, 0.15) is 5.03 Å². The zero-order valence-electron chi connectivity index (χ0n) is 11.5. The molecule has 0 unspecified atom stereocenters. The second-order valence-electron chi connectivity index (χ2n) is 4.43. The van der Waals surface area contributed by atoms with Gasteiger partial charge in [0.15, 0.2) is 0 Å². The molecule has 2 aromatic rings. The van der Waals surface area contributed by atoms with E-state index in [0.717, 1.165) is 30.1 Å². The van der Waals surface area contributed by atoms with E-state index in [0.29, 0.717) is 21.2 Å². The number of nitrogens with two attached hydrogens (primary N) is 1. The maximum atomic E-state index is 12.5. The third-order valence-corrected chi connectivity index (χ3v) is 3.75. The number of hydrogen-bond acceptors (Lipinski definition) is 5. The zero-order chi connectivity index (χ0) is 17.0. The minimum absolute atomic E-state index is 0.339. The fourth-order valence-electron chi connectivity index (χ4n) is 1.67. The van der Waals surface area contributed by atoms with Crippen LogP contribution in [0, 0.1) is 0 Å². The van der Waals surface area contributed by atoms with E-state index in [1.54, 1.807) is 18.2 Å². The molecule has 4 nitrogen and oxygen atoms in total. The Hall–Kier alpha value is -2.48. The van der Waals surface area contributed by atoms with Crippen LogP contribution in [0.25, 0.3) is 6.08 Å². The van der Waals surface area contributed by atoms with E-state index in [2.05, 4.69) is 4.98 Å². The van der Waals surface area contributed by atoms with E-state index in [1.165, 1.54) is 12.1 Å². The lowest BCUT2D eigenvalue weighted by Crippen LogP contribution is -2.18. The fourth-order valence-corrected chi connectivity index (χ4v) is 2.52. The third-order valence-electron chi connectivity index (χ3n) is 2.71. The van der Waals surface area contributed by atoms with Gasteiger partial charge in [0, 0.05) is 16.8 Å². The number of carboxylic acid groups (broad SMARTS) is 1. The number of anilines is 1. The Bertz CT molecular complexity index is 743. The van der Waals surface area contributed by atoms with Crippen molar-refractivity contribution in [3.63, 3.8) is 0 Å². The Labute approximate surface area is 133 Å². The molecule has 1 heterocycles. The minimum Gasteiger partial charge on any atom is -0.545 e. The number of aliphatic carboxylic acids is 1. The van der Waals surface area contributed by atoms with Crippen molar-refractivity contribution in [2.75, 3.05) is 5.73 Å². The van der Waals surface area contributed by atoms with Gasteiger partial charge in [-0.3, -0.25) is 0 Å². The van der Waals surface area contributed by atoms with Crippen LogP contribution in [0.4, 0.5) is 18.9 Å². The van der Waals surface area contributed by atoms with Gasteiger partial charge in [0.2, 0.25) is 0 Å². The molecule has 2 N–H and O–H groups in total. The van der Waals surface area contributed by atoms with Gasteiger partial charge in [-0.25, -0.2) is 4.98 Å². The smallest absolute Gasteiger partial charge is 0.417 e. The summed E-state index contributed by atoms with van der Waals surface area (Å²) in [5.41, 5.74) is 5.74. The predicted molar refractivity (Wildman–Crippen MR) is 78.3 cm³/mol. The van der Waals surface area contributed by atoms with Crippen LogP contribution < -0.4 is 10.8 Å². The number of halogens is 3. The standard InChI is InChI=1S/C15H11F3N2O2S/c16-15(17,18)10-2-5-13(20-8-10)23-12-4-3-11(19)7-9(12)1-6-14(21)22/h1-8H,19H2,(H,21,22)/p-1. The first-order valence-corrected chi connectivity index (χ1v) is 7.07. The van der Waals surface area contributed by atoms with Gasteiger partial charge in [0.05, 0.1) is 11.5 Å². The second kappa shape index (κ2) is 6.74. The molecule has 120 valence electrons. The summed E-state index contributed by atoms with van der Waals surface area (Å²) in [4.78, 5) is 14.9. The maximum Gasteiger partial charge on any atom is 0.417 e. The average molecular weight is 339 g/mol. The normalized spacial score (nSPS) is 11.8. The monoisotopic (exact) mass is 339 g/mol. The van der Waals surface area contributed by atoms with E-state index in [-0.39, 0.29) is 0 Å². The van der Waals surface area contributed by atoms with Crippen molar-refractivity contribution in [1.82, 2.24) is 4.98 Å². The van der Waals surface area contributed by atoms with Crippen molar-refractivity contribution in [2.24, 2.45) is 0 Å². The van der Waals surface area contributed by atoms with Crippen LogP contribution in [-0.2, 0) is 11.0 Å². The van der Waals surface area contributed by atoms with Crippen LogP contribution in [0.5, 0.6) is 0 Å². The number of nitrogen functional groups attached to an aromatic ring is 1. The molecular formula is C15H10F3N2O2S-. The Morgan fingerprint density at radius 3 is 2.57 bits per heavy atom. The number of alkyl halides is 3. The summed E-state index contributed by atoms with van der Waals surface area (Å²) in [6.07, 6.45) is -1.55. The first kappa shape index (κ1) is 16.9. The number of pyridine rings is 1. The predicted octanol–water partition coefficient (Wildman–Crippen LogP) is 2.60. The Balaban J connectivity index is 2.27. The van der Waals surface area contributed by atoms with Gasteiger partial charge in [0.25, 0.3) is 0 Å². The summed E-state index contributed by atoms with van der Waals surface area (Å²) in [5, 5.41) is 10.8. The van der Waals surface area contributed by atoms with Crippen LogP contribution in [-0.4, -0.2) is 11.0 Å². The van der Waals surface area contributed by atoms with Crippen LogP contribution in [0.1, 0.15) is 11.1 Å². The number of nitrogens with zero attached hydrogens (tertiary/aromatic N) is 1. The summed E-state index contributed by atoms with van der Waals surface area (Å²) in [7, 11) is 0. The van der Waals surface area contributed by atoms with Gasteiger partial charge < -0.3 is 15.6 Å². The van der Waals surface area contributed by atoms with Crippen LogP contribution >= 0.6 is 11.8 Å². The van der Waals surface area contributed by atoms with Gasteiger partial charge >= 0.3 is 6.18 Å². The fraction of sp³-hybridized carbons (Fsp3) is 0.0667. The highest BCUT2D eigenvalue weighted by molar-refractivity contribution is 7.99. The summed E-state index contributed by atoms with van der Waals surface area (Å²) >= 11 is 1.10. The van der Waals surface area contributed by atoms with Gasteiger partial charge in [-0.2, -0.15) is 13.2 Å². The molecule has 0 aliphatic carbocycles. The molecule has 0 atom stereocenters. The average Bonchev–Trinajstić information content (AvgIpc) is 2.47. The number of carbonyl (C=O) groups excluding carboxylic acids is 1.